The summed E-state index contributed by atoms with van der Waals surface area (Å²) >= 11 is 5.77. The summed E-state index contributed by atoms with van der Waals surface area (Å²) in [7, 11) is -4.56. The zero-order valence-corrected chi connectivity index (χ0v) is 13.6. The van der Waals surface area contributed by atoms with Gasteiger partial charge in [-0.2, -0.15) is 8.42 Å². The Labute approximate surface area is 140 Å². The molecule has 0 amide bonds. The van der Waals surface area contributed by atoms with Gasteiger partial charge in [-0.3, -0.25) is 20.2 Å². The maximum Gasteiger partial charge on any atom is 0.346 e. The highest BCUT2D eigenvalue weighted by Crippen LogP contribution is 2.33. The van der Waals surface area contributed by atoms with E-state index in [1.54, 1.807) is 6.92 Å². The third-order valence-electron chi connectivity index (χ3n) is 2.91. The molecule has 0 aliphatic heterocycles. The predicted molar refractivity (Wildman–Crippen MR) is 83.8 cm³/mol. The average molecular weight is 373 g/mol. The van der Waals surface area contributed by atoms with E-state index >= 15 is 0 Å². The molecule has 2 aromatic rings. The van der Waals surface area contributed by atoms with E-state index in [-0.39, 0.29) is 16.5 Å². The average Bonchev–Trinajstić information content (AvgIpc) is 2.48. The Kier molecular flexibility index (Phi) is 4.71. The highest BCUT2D eigenvalue weighted by molar-refractivity contribution is 7.87. The van der Waals surface area contributed by atoms with Gasteiger partial charge < -0.3 is 4.18 Å². The lowest BCUT2D eigenvalue weighted by Crippen LogP contribution is -2.12. The lowest BCUT2D eigenvalue weighted by molar-refractivity contribution is -0.387. The van der Waals surface area contributed by atoms with E-state index in [9.17, 15) is 28.6 Å². The topological polar surface area (TPSA) is 130 Å². The van der Waals surface area contributed by atoms with Crippen molar-refractivity contribution in [3.8, 4) is 5.75 Å². The number of aryl methyl sites for hydroxylation is 1. The Morgan fingerprint density at radius 1 is 1.04 bits per heavy atom. The van der Waals surface area contributed by atoms with Crippen LogP contribution in [-0.2, 0) is 10.1 Å². The monoisotopic (exact) mass is 372 g/mol. The van der Waals surface area contributed by atoms with E-state index in [2.05, 4.69) is 0 Å². The first-order chi connectivity index (χ1) is 11.1. The van der Waals surface area contributed by atoms with Crippen LogP contribution >= 0.6 is 11.6 Å². The molecule has 0 aliphatic rings. The summed E-state index contributed by atoms with van der Waals surface area (Å²) in [6, 6.07) is 6.42. The molecule has 2 rings (SSSR count). The minimum atomic E-state index is -4.56. The van der Waals surface area contributed by atoms with Gasteiger partial charge in [-0.05, 0) is 24.6 Å². The van der Waals surface area contributed by atoms with Crippen LogP contribution in [0.1, 0.15) is 5.56 Å². The van der Waals surface area contributed by atoms with Crippen LogP contribution < -0.4 is 4.18 Å². The fraction of sp³-hybridized carbons (Fsp3) is 0.0769. The molecule has 126 valence electrons. The molecule has 0 fully saturated rings. The van der Waals surface area contributed by atoms with Gasteiger partial charge in [-0.1, -0.05) is 17.7 Å². The van der Waals surface area contributed by atoms with Crippen LogP contribution in [0, 0.1) is 27.2 Å². The molecule has 0 saturated carbocycles. The molecule has 24 heavy (non-hydrogen) atoms. The van der Waals surface area contributed by atoms with E-state index in [1.807, 2.05) is 0 Å². The van der Waals surface area contributed by atoms with Gasteiger partial charge in [-0.15, -0.1) is 0 Å². The van der Waals surface area contributed by atoms with Crippen molar-refractivity contribution in [2.24, 2.45) is 0 Å². The van der Waals surface area contributed by atoms with Crippen molar-refractivity contribution in [2.45, 2.75) is 11.8 Å². The number of hydrogen-bond donors (Lipinski definition) is 0. The Morgan fingerprint density at radius 3 is 2.25 bits per heavy atom. The molecular weight excluding hydrogens is 364 g/mol. The van der Waals surface area contributed by atoms with Gasteiger partial charge in [0.1, 0.15) is 0 Å². The number of nitro groups is 2. The highest BCUT2D eigenvalue weighted by Gasteiger charge is 2.28. The second-order valence-corrected chi connectivity index (χ2v) is 6.56. The van der Waals surface area contributed by atoms with Crippen molar-refractivity contribution < 1.29 is 22.4 Å². The smallest absolute Gasteiger partial charge is 0.346 e. The first-order valence-corrected chi connectivity index (χ1v) is 8.04. The highest BCUT2D eigenvalue weighted by atomic mass is 35.5. The number of nitro benzene ring substituents is 2. The van der Waals surface area contributed by atoms with Gasteiger partial charge >= 0.3 is 10.1 Å². The van der Waals surface area contributed by atoms with E-state index in [4.69, 9.17) is 15.8 Å². The first kappa shape index (κ1) is 17.6. The fourth-order valence-electron chi connectivity index (χ4n) is 1.82. The molecule has 0 saturated heterocycles. The second kappa shape index (κ2) is 6.42. The Bertz CT molecular complexity index is 943. The zero-order chi connectivity index (χ0) is 18.1. The summed E-state index contributed by atoms with van der Waals surface area (Å²) in [5.74, 6) is -0.378. The molecule has 0 unspecified atom stereocenters. The molecule has 0 spiro atoms. The van der Waals surface area contributed by atoms with Crippen molar-refractivity contribution in [3.05, 3.63) is 67.2 Å². The van der Waals surface area contributed by atoms with E-state index in [0.717, 1.165) is 30.3 Å². The van der Waals surface area contributed by atoms with Crippen LogP contribution in [0.3, 0.4) is 0 Å². The van der Waals surface area contributed by atoms with E-state index in [0.29, 0.717) is 5.56 Å². The third-order valence-corrected chi connectivity index (χ3v) is 4.48. The number of hydrogen-bond acceptors (Lipinski definition) is 7. The lowest BCUT2D eigenvalue weighted by Gasteiger charge is -2.09. The summed E-state index contributed by atoms with van der Waals surface area (Å²) in [5.41, 5.74) is -0.506. The van der Waals surface area contributed by atoms with Crippen LogP contribution in [0.5, 0.6) is 5.75 Å². The molecule has 11 heteroatoms. The first-order valence-electron chi connectivity index (χ1n) is 6.25. The quantitative estimate of drug-likeness (QED) is 0.447. The van der Waals surface area contributed by atoms with Crippen LogP contribution in [0.15, 0.2) is 41.3 Å². The molecule has 9 nitrogen and oxygen atoms in total. The van der Waals surface area contributed by atoms with Crippen molar-refractivity contribution in [2.75, 3.05) is 0 Å². The van der Waals surface area contributed by atoms with Gasteiger partial charge in [0.2, 0.25) is 0 Å². The predicted octanol–water partition coefficient (Wildman–Crippen LogP) is 3.23. The van der Waals surface area contributed by atoms with Gasteiger partial charge in [-0.25, -0.2) is 0 Å². The minimum Gasteiger partial charge on any atom is -0.377 e. The maximum absolute atomic E-state index is 12.3. The number of benzene rings is 2. The maximum atomic E-state index is 12.3. The SMILES string of the molecule is Cc1ccc(S(=O)(=O)Oc2ccc([N+](=O)[O-])cc2Cl)c([N+](=O)[O-])c1. The van der Waals surface area contributed by atoms with E-state index in [1.165, 1.54) is 6.07 Å². The number of nitrogens with zero attached hydrogens (tertiary/aromatic N) is 2. The molecule has 0 heterocycles. The van der Waals surface area contributed by atoms with Gasteiger partial charge in [0.05, 0.1) is 14.9 Å². The fourth-order valence-corrected chi connectivity index (χ4v) is 3.17. The number of halogens is 1. The van der Waals surface area contributed by atoms with E-state index < -0.39 is 30.5 Å². The summed E-state index contributed by atoms with van der Waals surface area (Å²) < 4.78 is 29.4. The summed E-state index contributed by atoms with van der Waals surface area (Å²) in [6.07, 6.45) is 0. The standard InChI is InChI=1S/C13H9ClN2O7S/c1-8-2-5-13(11(6-8)16(19)20)24(21,22)23-12-4-3-9(15(17)18)7-10(12)14/h2-7H,1H3. The van der Waals surface area contributed by atoms with Crippen molar-refractivity contribution in [3.63, 3.8) is 0 Å². The molecule has 0 aromatic heterocycles. The molecule has 0 aliphatic carbocycles. The Morgan fingerprint density at radius 2 is 1.71 bits per heavy atom. The Hall–Kier alpha value is -2.72. The lowest BCUT2D eigenvalue weighted by atomic mass is 10.2. The van der Waals surface area contributed by atoms with Crippen LogP contribution in [0.25, 0.3) is 0 Å². The largest absolute Gasteiger partial charge is 0.377 e. The summed E-state index contributed by atoms with van der Waals surface area (Å²) in [6.45, 7) is 1.57. The van der Waals surface area contributed by atoms with Crippen molar-refractivity contribution in [1.82, 2.24) is 0 Å². The van der Waals surface area contributed by atoms with Crippen molar-refractivity contribution in [1.29, 1.82) is 0 Å². The molecule has 0 bridgehead atoms. The molecule has 0 atom stereocenters. The Balaban J connectivity index is 2.47. The molecule has 0 N–H and O–H groups in total. The zero-order valence-electron chi connectivity index (χ0n) is 12.0. The van der Waals surface area contributed by atoms with Crippen LogP contribution in [0.4, 0.5) is 11.4 Å². The normalized spacial score (nSPS) is 11.1. The van der Waals surface area contributed by atoms with Crippen LogP contribution in [-0.4, -0.2) is 18.3 Å². The number of non-ortho nitro benzene ring substituents is 1. The van der Waals surface area contributed by atoms with Gasteiger partial charge in [0.25, 0.3) is 11.4 Å². The molecule has 0 radical (unpaired) electrons. The van der Waals surface area contributed by atoms with Gasteiger partial charge in [0, 0.05) is 18.2 Å². The summed E-state index contributed by atoms with van der Waals surface area (Å²) in [4.78, 5) is 19.5. The molecule has 2 aromatic carbocycles. The number of rotatable bonds is 5. The second-order valence-electron chi connectivity index (χ2n) is 4.64. The third kappa shape index (κ3) is 3.60. The van der Waals surface area contributed by atoms with Gasteiger partial charge in [0.15, 0.2) is 10.6 Å². The molecular formula is C13H9ClN2O7S. The minimum absolute atomic E-state index is 0.317. The van der Waals surface area contributed by atoms with Crippen molar-refractivity contribution >= 4 is 33.1 Å². The van der Waals surface area contributed by atoms with Crippen LogP contribution in [0.2, 0.25) is 5.02 Å². The summed E-state index contributed by atoms with van der Waals surface area (Å²) in [5, 5.41) is 21.4.